The molecule has 0 unspecified atom stereocenters. The van der Waals surface area contributed by atoms with Crippen molar-refractivity contribution < 1.29 is 17.2 Å². The van der Waals surface area contributed by atoms with Crippen LogP contribution in [-0.2, 0) is 10.0 Å². The lowest BCUT2D eigenvalue weighted by Crippen LogP contribution is -2.16. The molecule has 2 aromatic rings. The van der Waals surface area contributed by atoms with Gasteiger partial charge < -0.3 is 5.73 Å². The van der Waals surface area contributed by atoms with E-state index in [0.717, 1.165) is 24.3 Å². The smallest absolute Gasteiger partial charge is 0.262 e. The van der Waals surface area contributed by atoms with Gasteiger partial charge in [0, 0.05) is 5.02 Å². The van der Waals surface area contributed by atoms with Crippen LogP contribution in [0.4, 0.5) is 20.2 Å². The summed E-state index contributed by atoms with van der Waals surface area (Å²) in [5, 5.41) is 0.171. The van der Waals surface area contributed by atoms with Crippen LogP contribution in [0, 0.1) is 18.6 Å². The maximum absolute atomic E-state index is 13.6. The number of nitrogens with one attached hydrogen (secondary N) is 1. The molecule has 0 atom stereocenters. The number of sulfonamides is 1. The van der Waals surface area contributed by atoms with Gasteiger partial charge in [-0.25, -0.2) is 17.2 Å². The minimum absolute atomic E-state index is 0.150. The van der Waals surface area contributed by atoms with Gasteiger partial charge in [-0.3, -0.25) is 4.72 Å². The number of nitrogen functional groups attached to an aromatic ring is 1. The molecule has 0 aromatic heterocycles. The molecule has 2 aromatic carbocycles. The van der Waals surface area contributed by atoms with E-state index in [-0.39, 0.29) is 26.9 Å². The lowest BCUT2D eigenvalue weighted by molar-refractivity contribution is 0.596. The molecule has 3 N–H and O–H groups in total. The Morgan fingerprint density at radius 2 is 1.81 bits per heavy atom. The summed E-state index contributed by atoms with van der Waals surface area (Å²) >= 11 is 5.70. The first-order valence-electron chi connectivity index (χ1n) is 5.74. The SMILES string of the molecule is Cc1cc(F)c(N)cc1S(=O)(=O)Nc1cc(Cl)ccc1F. The molecule has 8 heteroatoms. The second kappa shape index (κ2) is 5.50. The summed E-state index contributed by atoms with van der Waals surface area (Å²) in [6.45, 7) is 1.41. The third kappa shape index (κ3) is 3.25. The normalized spacial score (nSPS) is 11.4. The van der Waals surface area contributed by atoms with Gasteiger partial charge in [-0.15, -0.1) is 0 Å². The first-order valence-corrected chi connectivity index (χ1v) is 7.60. The molecule has 0 saturated carbocycles. The summed E-state index contributed by atoms with van der Waals surface area (Å²) in [7, 11) is -4.12. The molecule has 0 aliphatic carbocycles. The molecule has 4 nitrogen and oxygen atoms in total. The summed E-state index contributed by atoms with van der Waals surface area (Å²) in [6, 6.07) is 5.44. The average molecular weight is 333 g/mol. The predicted molar refractivity (Wildman–Crippen MR) is 77.8 cm³/mol. The number of nitrogens with two attached hydrogens (primary N) is 1. The van der Waals surface area contributed by atoms with Gasteiger partial charge in [0.25, 0.3) is 10.0 Å². The summed E-state index contributed by atoms with van der Waals surface area (Å²) < 4.78 is 53.4. The molecule has 0 radical (unpaired) electrons. The first kappa shape index (κ1) is 15.5. The predicted octanol–water partition coefficient (Wildman–Crippen LogP) is 3.31. The largest absolute Gasteiger partial charge is 0.396 e. The zero-order valence-electron chi connectivity index (χ0n) is 10.8. The van der Waals surface area contributed by atoms with Gasteiger partial charge in [-0.1, -0.05) is 11.6 Å². The fourth-order valence-electron chi connectivity index (χ4n) is 1.73. The minimum atomic E-state index is -4.12. The quantitative estimate of drug-likeness (QED) is 0.847. The summed E-state index contributed by atoms with van der Waals surface area (Å²) in [5.74, 6) is -1.50. The molecule has 21 heavy (non-hydrogen) atoms. The summed E-state index contributed by atoms with van der Waals surface area (Å²) in [4.78, 5) is -0.235. The maximum Gasteiger partial charge on any atom is 0.262 e. The van der Waals surface area contributed by atoms with Crippen LogP contribution in [-0.4, -0.2) is 8.42 Å². The number of benzene rings is 2. The van der Waals surface area contributed by atoms with Crippen molar-refractivity contribution in [2.45, 2.75) is 11.8 Å². The Hall–Kier alpha value is -1.86. The van der Waals surface area contributed by atoms with Gasteiger partial charge in [0.1, 0.15) is 11.6 Å². The van der Waals surface area contributed by atoms with Gasteiger partial charge in [-0.05, 0) is 42.8 Å². The lowest BCUT2D eigenvalue weighted by Gasteiger charge is -2.12. The van der Waals surface area contributed by atoms with Crippen LogP contribution in [0.3, 0.4) is 0 Å². The highest BCUT2D eigenvalue weighted by atomic mass is 35.5. The van der Waals surface area contributed by atoms with E-state index in [1.807, 2.05) is 0 Å². The number of aryl methyl sites for hydroxylation is 1. The van der Waals surface area contributed by atoms with E-state index in [1.165, 1.54) is 13.0 Å². The van der Waals surface area contributed by atoms with Crippen LogP contribution in [0.5, 0.6) is 0 Å². The Labute approximate surface area is 125 Å². The zero-order chi connectivity index (χ0) is 15.8. The number of halogens is 3. The molecule has 0 saturated heterocycles. The van der Waals surface area contributed by atoms with Gasteiger partial charge in [-0.2, -0.15) is 0 Å². The fraction of sp³-hybridized carbons (Fsp3) is 0.0769. The Morgan fingerprint density at radius 1 is 1.14 bits per heavy atom. The fourth-order valence-corrected chi connectivity index (χ4v) is 3.23. The highest BCUT2D eigenvalue weighted by Gasteiger charge is 2.20. The third-order valence-corrected chi connectivity index (χ3v) is 4.50. The van der Waals surface area contributed by atoms with Crippen LogP contribution in [0.1, 0.15) is 5.56 Å². The van der Waals surface area contributed by atoms with Crippen molar-refractivity contribution in [1.29, 1.82) is 0 Å². The average Bonchev–Trinajstić information content (AvgIpc) is 2.37. The van der Waals surface area contributed by atoms with Crippen molar-refractivity contribution >= 4 is 33.0 Å². The van der Waals surface area contributed by atoms with Crippen LogP contribution in [0.2, 0.25) is 5.02 Å². The second-order valence-corrected chi connectivity index (χ2v) is 6.46. The minimum Gasteiger partial charge on any atom is -0.396 e. The first-order chi connectivity index (χ1) is 9.70. The van der Waals surface area contributed by atoms with E-state index in [2.05, 4.69) is 4.72 Å². The van der Waals surface area contributed by atoms with Crippen molar-refractivity contribution in [3.8, 4) is 0 Å². The molecule has 0 amide bonds. The Bertz CT molecular complexity index is 810. The molecule has 0 bridgehead atoms. The maximum atomic E-state index is 13.6. The molecule has 0 spiro atoms. The van der Waals surface area contributed by atoms with Gasteiger partial charge in [0.05, 0.1) is 16.3 Å². The molecule has 0 heterocycles. The molecule has 0 aliphatic heterocycles. The monoisotopic (exact) mass is 332 g/mol. The van der Waals surface area contributed by atoms with E-state index in [1.54, 1.807) is 0 Å². The Kier molecular flexibility index (Phi) is 4.06. The Balaban J connectivity index is 2.48. The summed E-state index contributed by atoms with van der Waals surface area (Å²) in [5.41, 5.74) is 4.91. The van der Waals surface area contributed by atoms with Crippen LogP contribution in [0.15, 0.2) is 35.2 Å². The van der Waals surface area contributed by atoms with E-state index in [4.69, 9.17) is 17.3 Å². The number of hydrogen-bond acceptors (Lipinski definition) is 3. The Morgan fingerprint density at radius 3 is 2.48 bits per heavy atom. The number of anilines is 2. The number of rotatable bonds is 3. The van der Waals surface area contributed by atoms with Crippen LogP contribution >= 0.6 is 11.6 Å². The summed E-state index contributed by atoms with van der Waals surface area (Å²) in [6.07, 6.45) is 0. The van der Waals surface area contributed by atoms with Gasteiger partial charge in [0.15, 0.2) is 0 Å². The van der Waals surface area contributed by atoms with Crippen LogP contribution < -0.4 is 10.5 Å². The van der Waals surface area contributed by atoms with Crippen LogP contribution in [0.25, 0.3) is 0 Å². The molecular weight excluding hydrogens is 322 g/mol. The standard InChI is InChI=1S/C13H11ClF2N2O2S/c1-7-4-10(16)11(17)6-13(7)21(19,20)18-12-5-8(14)2-3-9(12)15/h2-6,18H,17H2,1H3. The van der Waals surface area contributed by atoms with E-state index in [0.29, 0.717) is 0 Å². The van der Waals surface area contributed by atoms with Crippen molar-refractivity contribution in [2.24, 2.45) is 0 Å². The van der Waals surface area contributed by atoms with Crippen molar-refractivity contribution in [1.82, 2.24) is 0 Å². The zero-order valence-corrected chi connectivity index (χ0v) is 12.4. The molecular formula is C13H11ClF2N2O2S. The topological polar surface area (TPSA) is 72.2 Å². The highest BCUT2D eigenvalue weighted by molar-refractivity contribution is 7.92. The molecule has 0 fully saturated rings. The van der Waals surface area contributed by atoms with E-state index < -0.39 is 21.7 Å². The highest BCUT2D eigenvalue weighted by Crippen LogP contribution is 2.26. The van der Waals surface area contributed by atoms with E-state index in [9.17, 15) is 17.2 Å². The third-order valence-electron chi connectivity index (χ3n) is 2.76. The van der Waals surface area contributed by atoms with Gasteiger partial charge >= 0.3 is 0 Å². The van der Waals surface area contributed by atoms with Crippen molar-refractivity contribution in [3.05, 3.63) is 52.6 Å². The van der Waals surface area contributed by atoms with Crippen molar-refractivity contribution in [3.63, 3.8) is 0 Å². The van der Waals surface area contributed by atoms with E-state index >= 15 is 0 Å². The number of hydrogen-bond donors (Lipinski definition) is 2. The molecule has 112 valence electrons. The second-order valence-electron chi connectivity index (χ2n) is 4.37. The molecule has 2 rings (SSSR count). The van der Waals surface area contributed by atoms with Crippen molar-refractivity contribution in [2.75, 3.05) is 10.5 Å². The lowest BCUT2D eigenvalue weighted by atomic mass is 10.2. The molecule has 0 aliphatic rings. The van der Waals surface area contributed by atoms with Gasteiger partial charge in [0.2, 0.25) is 0 Å².